The number of hydrogen-bond donors (Lipinski definition) is 2. The summed E-state index contributed by atoms with van der Waals surface area (Å²) in [6, 6.07) is 0. The summed E-state index contributed by atoms with van der Waals surface area (Å²) >= 11 is 2.00. The van der Waals surface area contributed by atoms with Crippen LogP contribution in [0.4, 0.5) is 0 Å². The van der Waals surface area contributed by atoms with E-state index in [1.807, 2.05) is 18.7 Å². The van der Waals surface area contributed by atoms with Gasteiger partial charge < -0.3 is 10.6 Å². The first-order chi connectivity index (χ1) is 7.71. The Hall–Kier alpha value is -0.220. The van der Waals surface area contributed by atoms with Gasteiger partial charge in [-0.1, -0.05) is 0 Å². The summed E-state index contributed by atoms with van der Waals surface area (Å²) in [5.41, 5.74) is -0.315. The Morgan fingerprint density at radius 1 is 1.56 bits per heavy atom. The highest BCUT2D eigenvalue weighted by atomic mass is 32.2. The first-order valence-electron chi connectivity index (χ1n) is 6.32. The molecule has 2 N–H and O–H groups in total. The Kier molecular flexibility index (Phi) is 4.14. The van der Waals surface area contributed by atoms with Crippen LogP contribution >= 0.6 is 11.8 Å². The van der Waals surface area contributed by atoms with Gasteiger partial charge in [0.1, 0.15) is 0 Å². The Labute approximate surface area is 102 Å². The van der Waals surface area contributed by atoms with E-state index in [1.54, 1.807) is 0 Å². The van der Waals surface area contributed by atoms with Crippen LogP contribution in [0.25, 0.3) is 0 Å². The number of carbonyl (C=O) groups excluding carboxylic acids is 1. The molecule has 0 aliphatic carbocycles. The molecule has 16 heavy (non-hydrogen) atoms. The monoisotopic (exact) mass is 242 g/mol. The molecule has 92 valence electrons. The maximum absolute atomic E-state index is 12.1. The lowest BCUT2D eigenvalue weighted by Crippen LogP contribution is -2.57. The summed E-state index contributed by atoms with van der Waals surface area (Å²) in [5.74, 6) is 3.37. The van der Waals surface area contributed by atoms with Crippen molar-refractivity contribution in [2.24, 2.45) is 5.92 Å². The van der Waals surface area contributed by atoms with E-state index in [1.165, 1.54) is 24.3 Å². The number of nitrogens with one attached hydrogen (secondary N) is 2. The van der Waals surface area contributed by atoms with E-state index in [0.717, 1.165) is 25.9 Å². The Balaban J connectivity index is 1.77. The van der Waals surface area contributed by atoms with Crippen LogP contribution in [0.5, 0.6) is 0 Å². The van der Waals surface area contributed by atoms with Gasteiger partial charge in [-0.05, 0) is 56.6 Å². The second-order valence-electron chi connectivity index (χ2n) is 5.16. The van der Waals surface area contributed by atoms with Crippen LogP contribution < -0.4 is 10.6 Å². The summed E-state index contributed by atoms with van der Waals surface area (Å²) in [5, 5.41) is 6.47. The van der Waals surface area contributed by atoms with Gasteiger partial charge in [-0.2, -0.15) is 11.8 Å². The average molecular weight is 242 g/mol. The van der Waals surface area contributed by atoms with Gasteiger partial charge in [-0.15, -0.1) is 0 Å². The molecule has 0 bridgehead atoms. The fourth-order valence-corrected chi connectivity index (χ4v) is 3.71. The molecular weight excluding hydrogens is 220 g/mol. The Morgan fingerprint density at radius 3 is 3.06 bits per heavy atom. The first-order valence-corrected chi connectivity index (χ1v) is 7.47. The molecule has 0 saturated carbocycles. The van der Waals surface area contributed by atoms with E-state index in [-0.39, 0.29) is 11.4 Å². The lowest BCUT2D eigenvalue weighted by Gasteiger charge is -2.33. The van der Waals surface area contributed by atoms with E-state index in [4.69, 9.17) is 0 Å². The van der Waals surface area contributed by atoms with Crippen molar-refractivity contribution in [3.63, 3.8) is 0 Å². The van der Waals surface area contributed by atoms with E-state index >= 15 is 0 Å². The molecule has 2 aliphatic rings. The van der Waals surface area contributed by atoms with Gasteiger partial charge in [-0.25, -0.2) is 0 Å². The fraction of sp³-hybridized carbons (Fsp3) is 0.917. The van der Waals surface area contributed by atoms with E-state index in [2.05, 4.69) is 10.6 Å². The molecule has 0 radical (unpaired) electrons. The predicted molar refractivity (Wildman–Crippen MR) is 68.7 cm³/mol. The van der Waals surface area contributed by atoms with Crippen LogP contribution in [0.1, 0.15) is 32.6 Å². The number of hydrogen-bond acceptors (Lipinski definition) is 3. The number of amides is 1. The zero-order valence-electron chi connectivity index (χ0n) is 10.1. The van der Waals surface area contributed by atoms with Crippen molar-refractivity contribution in [3.8, 4) is 0 Å². The summed E-state index contributed by atoms with van der Waals surface area (Å²) in [6.45, 7) is 3.87. The first kappa shape index (κ1) is 12.2. The zero-order chi connectivity index (χ0) is 11.4. The highest BCUT2D eigenvalue weighted by Crippen LogP contribution is 2.23. The zero-order valence-corrected chi connectivity index (χ0v) is 10.9. The minimum atomic E-state index is -0.315. The summed E-state index contributed by atoms with van der Waals surface area (Å²) in [6.07, 6.45) is 4.59. The molecule has 2 aliphatic heterocycles. The summed E-state index contributed by atoms with van der Waals surface area (Å²) < 4.78 is 0. The van der Waals surface area contributed by atoms with E-state index < -0.39 is 0 Å². The third-order valence-corrected chi connectivity index (χ3v) is 4.93. The fourth-order valence-electron chi connectivity index (χ4n) is 2.43. The molecule has 2 heterocycles. The van der Waals surface area contributed by atoms with Gasteiger partial charge >= 0.3 is 0 Å². The highest BCUT2D eigenvalue weighted by molar-refractivity contribution is 7.99. The smallest absolute Gasteiger partial charge is 0.240 e. The highest BCUT2D eigenvalue weighted by Gasteiger charge is 2.34. The van der Waals surface area contributed by atoms with Crippen LogP contribution in [0, 0.1) is 5.92 Å². The SMILES string of the molecule is CC1(C(=O)NCC2CCSC2)CCCCN1. The molecule has 2 unspecified atom stereocenters. The van der Waals surface area contributed by atoms with Crippen molar-refractivity contribution >= 4 is 17.7 Å². The summed E-state index contributed by atoms with van der Waals surface area (Å²) in [7, 11) is 0. The van der Waals surface area contributed by atoms with Gasteiger partial charge in [-0.3, -0.25) is 4.79 Å². The standard InChI is InChI=1S/C12H22N2OS/c1-12(5-2-3-6-14-12)11(15)13-8-10-4-7-16-9-10/h10,14H,2-9H2,1H3,(H,13,15). The van der Waals surface area contributed by atoms with Crippen LogP contribution in [-0.2, 0) is 4.79 Å². The normalized spacial score (nSPS) is 34.9. The summed E-state index contributed by atoms with van der Waals surface area (Å²) in [4.78, 5) is 12.1. The van der Waals surface area contributed by atoms with Crippen molar-refractivity contribution in [2.75, 3.05) is 24.6 Å². The van der Waals surface area contributed by atoms with Crippen molar-refractivity contribution in [3.05, 3.63) is 0 Å². The molecule has 0 aromatic carbocycles. The van der Waals surface area contributed by atoms with Crippen LogP contribution in [0.2, 0.25) is 0 Å². The van der Waals surface area contributed by atoms with Crippen molar-refractivity contribution in [1.82, 2.24) is 10.6 Å². The lowest BCUT2D eigenvalue weighted by atomic mass is 9.90. The molecule has 2 rings (SSSR count). The van der Waals surface area contributed by atoms with E-state index in [9.17, 15) is 4.79 Å². The van der Waals surface area contributed by atoms with Crippen molar-refractivity contribution in [1.29, 1.82) is 0 Å². The van der Waals surface area contributed by atoms with E-state index in [0.29, 0.717) is 5.92 Å². The quantitative estimate of drug-likeness (QED) is 0.786. The number of piperidine rings is 1. The molecule has 1 amide bonds. The van der Waals surface area contributed by atoms with Crippen LogP contribution in [-0.4, -0.2) is 36.0 Å². The van der Waals surface area contributed by atoms with Crippen molar-refractivity contribution < 1.29 is 4.79 Å². The molecule has 0 aromatic rings. The van der Waals surface area contributed by atoms with Gasteiger partial charge in [0, 0.05) is 6.54 Å². The maximum Gasteiger partial charge on any atom is 0.240 e. The minimum Gasteiger partial charge on any atom is -0.354 e. The Bertz CT molecular complexity index is 245. The largest absolute Gasteiger partial charge is 0.354 e. The third-order valence-electron chi connectivity index (χ3n) is 3.70. The number of rotatable bonds is 3. The number of carbonyl (C=O) groups is 1. The van der Waals surface area contributed by atoms with Crippen LogP contribution in [0.3, 0.4) is 0 Å². The molecule has 2 saturated heterocycles. The van der Waals surface area contributed by atoms with Gasteiger partial charge in [0.25, 0.3) is 0 Å². The molecule has 3 nitrogen and oxygen atoms in total. The second-order valence-corrected chi connectivity index (χ2v) is 6.31. The maximum atomic E-state index is 12.1. The van der Waals surface area contributed by atoms with Gasteiger partial charge in [0.15, 0.2) is 0 Å². The topological polar surface area (TPSA) is 41.1 Å². The molecule has 0 aromatic heterocycles. The molecule has 2 fully saturated rings. The average Bonchev–Trinajstić information content (AvgIpc) is 2.79. The lowest BCUT2D eigenvalue weighted by molar-refractivity contribution is -0.128. The van der Waals surface area contributed by atoms with Crippen molar-refractivity contribution in [2.45, 2.75) is 38.1 Å². The van der Waals surface area contributed by atoms with Crippen LogP contribution in [0.15, 0.2) is 0 Å². The molecule has 4 heteroatoms. The molecule has 0 spiro atoms. The second kappa shape index (κ2) is 5.41. The molecular formula is C12H22N2OS. The minimum absolute atomic E-state index is 0.198. The number of thioether (sulfide) groups is 1. The molecule has 2 atom stereocenters. The third kappa shape index (κ3) is 2.92. The Morgan fingerprint density at radius 2 is 2.44 bits per heavy atom. The van der Waals surface area contributed by atoms with Gasteiger partial charge in [0.05, 0.1) is 5.54 Å². The predicted octanol–water partition coefficient (Wildman–Crippen LogP) is 1.39. The van der Waals surface area contributed by atoms with Gasteiger partial charge in [0.2, 0.25) is 5.91 Å².